The van der Waals surface area contributed by atoms with Crippen LogP contribution < -0.4 is 4.74 Å². The molecule has 136 valence electrons. The molecule has 0 aromatic heterocycles. The van der Waals surface area contributed by atoms with Crippen LogP contribution in [-0.2, 0) is 4.74 Å². The molecule has 3 rings (SSSR count). The molecule has 0 bridgehead atoms. The molecule has 27 heavy (non-hydrogen) atoms. The number of hydrogen-bond acceptors (Lipinski definition) is 4. The van der Waals surface area contributed by atoms with Gasteiger partial charge in [-0.15, -0.1) is 0 Å². The summed E-state index contributed by atoms with van der Waals surface area (Å²) in [6.07, 6.45) is 0. The average Bonchev–Trinajstić information content (AvgIpc) is 2.72. The van der Waals surface area contributed by atoms with Gasteiger partial charge >= 0.3 is 11.9 Å². The summed E-state index contributed by atoms with van der Waals surface area (Å²) in [7, 11) is 0. The molecule has 0 spiro atoms. The molecule has 0 radical (unpaired) electrons. The Bertz CT molecular complexity index is 900. The monoisotopic (exact) mass is 362 g/mol. The van der Waals surface area contributed by atoms with E-state index in [1.165, 1.54) is 12.1 Å². The molecule has 0 aliphatic heterocycles. The molecular formula is C22H18O5. The number of esters is 1. The van der Waals surface area contributed by atoms with Gasteiger partial charge < -0.3 is 14.6 Å². The number of carboxylic acids is 1. The second-order valence-corrected chi connectivity index (χ2v) is 5.76. The smallest absolute Gasteiger partial charge is 0.338 e. The Hall–Kier alpha value is -3.60. The minimum atomic E-state index is -0.992. The van der Waals surface area contributed by atoms with E-state index in [0.29, 0.717) is 11.3 Å². The fourth-order valence-corrected chi connectivity index (χ4v) is 2.50. The van der Waals surface area contributed by atoms with E-state index in [4.69, 9.17) is 14.6 Å². The van der Waals surface area contributed by atoms with Gasteiger partial charge in [0.05, 0.1) is 11.1 Å². The highest BCUT2D eigenvalue weighted by atomic mass is 16.6. The van der Waals surface area contributed by atoms with Crippen LogP contribution >= 0.6 is 0 Å². The highest BCUT2D eigenvalue weighted by molar-refractivity contribution is 5.90. The second kappa shape index (κ2) is 8.67. The van der Waals surface area contributed by atoms with Crippen LogP contribution in [0, 0.1) is 0 Å². The molecule has 0 unspecified atom stereocenters. The summed E-state index contributed by atoms with van der Waals surface area (Å²) in [5.74, 6) is -0.892. The number of carboxylic acid groups (broad SMARTS) is 1. The molecule has 0 heterocycles. The Morgan fingerprint density at radius 2 is 1.30 bits per heavy atom. The van der Waals surface area contributed by atoms with Gasteiger partial charge in [-0.2, -0.15) is 0 Å². The van der Waals surface area contributed by atoms with Gasteiger partial charge in [-0.05, 0) is 47.5 Å². The Morgan fingerprint density at radius 1 is 0.704 bits per heavy atom. The van der Waals surface area contributed by atoms with E-state index in [9.17, 15) is 9.59 Å². The van der Waals surface area contributed by atoms with Crippen LogP contribution in [0.25, 0.3) is 11.1 Å². The normalized spacial score (nSPS) is 10.2. The predicted octanol–water partition coefficient (Wildman–Crippen LogP) is 4.29. The number of carbonyl (C=O) groups is 2. The number of hydrogen-bond donors (Lipinski definition) is 1. The first kappa shape index (κ1) is 18.2. The number of benzene rings is 3. The third-order valence-corrected chi connectivity index (χ3v) is 3.91. The van der Waals surface area contributed by atoms with Crippen LogP contribution in [0.4, 0.5) is 0 Å². The van der Waals surface area contributed by atoms with E-state index >= 15 is 0 Å². The van der Waals surface area contributed by atoms with Crippen LogP contribution in [0.1, 0.15) is 20.7 Å². The Kier molecular flexibility index (Phi) is 5.84. The van der Waals surface area contributed by atoms with Crippen molar-refractivity contribution in [1.82, 2.24) is 0 Å². The van der Waals surface area contributed by atoms with E-state index in [0.717, 1.165) is 11.1 Å². The molecule has 1 N–H and O–H groups in total. The fourth-order valence-electron chi connectivity index (χ4n) is 2.50. The summed E-state index contributed by atoms with van der Waals surface area (Å²) in [6.45, 7) is 0.278. The molecule has 3 aromatic rings. The Labute approximate surface area is 156 Å². The summed E-state index contributed by atoms with van der Waals surface area (Å²) < 4.78 is 10.6. The zero-order chi connectivity index (χ0) is 19.1. The maximum atomic E-state index is 12.1. The van der Waals surface area contributed by atoms with Gasteiger partial charge in [0, 0.05) is 0 Å². The van der Waals surface area contributed by atoms with E-state index in [1.807, 2.05) is 42.5 Å². The van der Waals surface area contributed by atoms with Gasteiger partial charge in [-0.3, -0.25) is 0 Å². The van der Waals surface area contributed by atoms with Crippen LogP contribution in [0.2, 0.25) is 0 Å². The van der Waals surface area contributed by atoms with Gasteiger partial charge in [0.15, 0.2) is 0 Å². The van der Waals surface area contributed by atoms with E-state index in [2.05, 4.69) is 0 Å². The first-order valence-electron chi connectivity index (χ1n) is 8.42. The lowest BCUT2D eigenvalue weighted by molar-refractivity contribution is 0.0450. The van der Waals surface area contributed by atoms with Crippen molar-refractivity contribution in [2.45, 2.75) is 0 Å². The van der Waals surface area contributed by atoms with Crippen LogP contribution in [0.5, 0.6) is 5.75 Å². The van der Waals surface area contributed by atoms with Crippen LogP contribution in [0.3, 0.4) is 0 Å². The maximum absolute atomic E-state index is 12.1. The number of carbonyl (C=O) groups excluding carboxylic acids is 1. The van der Waals surface area contributed by atoms with E-state index in [1.54, 1.807) is 24.3 Å². The largest absolute Gasteiger partial charge is 0.490 e. The summed E-state index contributed by atoms with van der Waals surface area (Å²) in [5, 5.41) is 8.84. The quantitative estimate of drug-likeness (QED) is 0.501. The lowest BCUT2D eigenvalue weighted by Crippen LogP contribution is -2.12. The first-order chi connectivity index (χ1) is 13.1. The molecule has 0 saturated heterocycles. The van der Waals surface area contributed by atoms with Crippen molar-refractivity contribution in [1.29, 1.82) is 0 Å². The van der Waals surface area contributed by atoms with Gasteiger partial charge in [-0.25, -0.2) is 9.59 Å². The highest BCUT2D eigenvalue weighted by Crippen LogP contribution is 2.19. The topological polar surface area (TPSA) is 72.8 Å². The Balaban J connectivity index is 1.47. The van der Waals surface area contributed by atoms with Crippen molar-refractivity contribution in [3.8, 4) is 16.9 Å². The number of ether oxygens (including phenoxy) is 2. The summed E-state index contributed by atoms with van der Waals surface area (Å²) in [4.78, 5) is 22.9. The Morgan fingerprint density at radius 3 is 1.93 bits per heavy atom. The van der Waals surface area contributed by atoms with Crippen molar-refractivity contribution < 1.29 is 24.2 Å². The van der Waals surface area contributed by atoms with Crippen molar-refractivity contribution in [2.24, 2.45) is 0 Å². The van der Waals surface area contributed by atoms with Crippen LogP contribution in [-0.4, -0.2) is 30.3 Å². The van der Waals surface area contributed by atoms with Crippen LogP contribution in [0.15, 0.2) is 78.9 Å². The molecule has 0 saturated carbocycles. The molecule has 5 nitrogen and oxygen atoms in total. The molecule has 0 aliphatic carbocycles. The van der Waals surface area contributed by atoms with Crippen molar-refractivity contribution in [2.75, 3.05) is 13.2 Å². The zero-order valence-electron chi connectivity index (χ0n) is 14.5. The zero-order valence-corrected chi connectivity index (χ0v) is 14.5. The SMILES string of the molecule is O=C(O)c1ccc(OCCOC(=O)c2ccc(-c3ccccc3)cc2)cc1. The van der Waals surface area contributed by atoms with Gasteiger partial charge in [0.2, 0.25) is 0 Å². The molecule has 3 aromatic carbocycles. The average molecular weight is 362 g/mol. The molecule has 0 fully saturated rings. The van der Waals surface area contributed by atoms with Crippen molar-refractivity contribution in [3.05, 3.63) is 90.0 Å². The maximum Gasteiger partial charge on any atom is 0.338 e. The molecular weight excluding hydrogens is 344 g/mol. The third-order valence-electron chi connectivity index (χ3n) is 3.91. The summed E-state index contributed by atoms with van der Waals surface area (Å²) >= 11 is 0. The standard InChI is InChI=1S/C22H18O5/c23-21(24)18-10-12-20(13-11-18)26-14-15-27-22(25)19-8-6-17(7-9-19)16-4-2-1-3-5-16/h1-13H,14-15H2,(H,23,24). The van der Waals surface area contributed by atoms with Crippen molar-refractivity contribution in [3.63, 3.8) is 0 Å². The lowest BCUT2D eigenvalue weighted by Gasteiger charge is -2.08. The van der Waals surface area contributed by atoms with Gasteiger partial charge in [0.25, 0.3) is 0 Å². The van der Waals surface area contributed by atoms with Gasteiger partial charge in [-0.1, -0.05) is 42.5 Å². The molecule has 0 atom stereocenters. The molecule has 0 aliphatic rings. The number of rotatable bonds is 7. The molecule has 0 amide bonds. The highest BCUT2D eigenvalue weighted by Gasteiger charge is 2.08. The minimum absolute atomic E-state index is 0.0972. The van der Waals surface area contributed by atoms with Gasteiger partial charge in [0.1, 0.15) is 19.0 Å². The first-order valence-corrected chi connectivity index (χ1v) is 8.42. The minimum Gasteiger partial charge on any atom is -0.490 e. The predicted molar refractivity (Wildman–Crippen MR) is 101 cm³/mol. The summed E-state index contributed by atoms with van der Waals surface area (Å²) in [6, 6.07) is 23.2. The third kappa shape index (κ3) is 4.95. The van der Waals surface area contributed by atoms with E-state index in [-0.39, 0.29) is 18.8 Å². The number of aromatic carboxylic acids is 1. The van der Waals surface area contributed by atoms with E-state index < -0.39 is 11.9 Å². The molecule has 5 heteroatoms. The lowest BCUT2D eigenvalue weighted by atomic mass is 10.0. The van der Waals surface area contributed by atoms with Crippen molar-refractivity contribution >= 4 is 11.9 Å². The second-order valence-electron chi connectivity index (χ2n) is 5.76. The summed E-state index contributed by atoms with van der Waals surface area (Å²) in [5.41, 5.74) is 2.77. The fraction of sp³-hybridized carbons (Fsp3) is 0.0909.